The molecule has 1 aliphatic rings. The Labute approximate surface area is 64.0 Å². The van der Waals surface area contributed by atoms with Crippen molar-refractivity contribution in [1.29, 1.82) is 0 Å². The van der Waals surface area contributed by atoms with Crippen LogP contribution in [0.4, 0.5) is 0 Å². The number of hydrogen-bond acceptors (Lipinski definition) is 1. The Kier molecular flexibility index (Phi) is 2.35. The SMILES string of the molecule is CC(C)C1C(C)CC1CN. The highest BCUT2D eigenvalue weighted by molar-refractivity contribution is 4.88. The van der Waals surface area contributed by atoms with Gasteiger partial charge in [-0.15, -0.1) is 0 Å². The normalized spacial score (nSPS) is 39.9. The number of nitrogens with two attached hydrogens (primary N) is 1. The fraction of sp³-hybridized carbons (Fsp3) is 1.00. The van der Waals surface area contributed by atoms with Crippen molar-refractivity contribution >= 4 is 0 Å². The van der Waals surface area contributed by atoms with Crippen LogP contribution in [0.2, 0.25) is 0 Å². The molecule has 0 saturated heterocycles. The third-order valence-corrected chi connectivity index (χ3v) is 2.95. The Balaban J connectivity index is 2.40. The largest absolute Gasteiger partial charge is 0.330 e. The molecule has 0 amide bonds. The van der Waals surface area contributed by atoms with Crippen molar-refractivity contribution in [3.63, 3.8) is 0 Å². The quantitative estimate of drug-likeness (QED) is 0.624. The van der Waals surface area contributed by atoms with Crippen LogP contribution in [0.1, 0.15) is 27.2 Å². The van der Waals surface area contributed by atoms with Crippen molar-refractivity contribution in [3.8, 4) is 0 Å². The smallest absolute Gasteiger partial charge is 0.00459 e. The molecule has 1 heteroatoms. The molecular weight excluding hydrogens is 122 g/mol. The summed E-state index contributed by atoms with van der Waals surface area (Å²) >= 11 is 0. The summed E-state index contributed by atoms with van der Waals surface area (Å²) in [7, 11) is 0. The fourth-order valence-electron chi connectivity index (χ4n) is 2.52. The van der Waals surface area contributed by atoms with Crippen molar-refractivity contribution in [1.82, 2.24) is 0 Å². The van der Waals surface area contributed by atoms with E-state index in [0.717, 1.165) is 30.2 Å². The molecule has 1 saturated carbocycles. The molecule has 0 radical (unpaired) electrons. The van der Waals surface area contributed by atoms with Gasteiger partial charge >= 0.3 is 0 Å². The minimum Gasteiger partial charge on any atom is -0.330 e. The summed E-state index contributed by atoms with van der Waals surface area (Å²) in [6.45, 7) is 7.86. The van der Waals surface area contributed by atoms with Crippen molar-refractivity contribution in [2.24, 2.45) is 29.4 Å². The zero-order valence-corrected chi connectivity index (χ0v) is 7.30. The maximum absolute atomic E-state index is 5.62. The van der Waals surface area contributed by atoms with Crippen LogP contribution in [-0.4, -0.2) is 6.54 Å². The molecule has 0 aliphatic heterocycles. The second kappa shape index (κ2) is 2.91. The molecule has 0 spiro atoms. The molecule has 1 nitrogen and oxygen atoms in total. The van der Waals surface area contributed by atoms with E-state index in [0.29, 0.717) is 0 Å². The Morgan fingerprint density at radius 1 is 1.50 bits per heavy atom. The first kappa shape index (κ1) is 8.06. The maximum atomic E-state index is 5.62. The average molecular weight is 141 g/mol. The van der Waals surface area contributed by atoms with Gasteiger partial charge in [0.25, 0.3) is 0 Å². The standard InChI is InChI=1S/C9H19N/c1-6(2)9-7(3)4-8(9)5-10/h6-9H,4-5,10H2,1-3H3. The Morgan fingerprint density at radius 3 is 2.30 bits per heavy atom. The second-order valence-electron chi connectivity index (χ2n) is 4.03. The van der Waals surface area contributed by atoms with Crippen molar-refractivity contribution in [2.45, 2.75) is 27.2 Å². The Morgan fingerprint density at radius 2 is 2.10 bits per heavy atom. The van der Waals surface area contributed by atoms with Gasteiger partial charge in [-0.25, -0.2) is 0 Å². The van der Waals surface area contributed by atoms with E-state index in [1.807, 2.05) is 0 Å². The lowest BCUT2D eigenvalue weighted by molar-refractivity contribution is 0.0497. The summed E-state index contributed by atoms with van der Waals surface area (Å²) in [5, 5.41) is 0. The summed E-state index contributed by atoms with van der Waals surface area (Å²) in [4.78, 5) is 0. The lowest BCUT2D eigenvalue weighted by atomic mass is 9.61. The second-order valence-corrected chi connectivity index (χ2v) is 4.03. The summed E-state index contributed by atoms with van der Waals surface area (Å²) in [5.41, 5.74) is 5.62. The lowest BCUT2D eigenvalue weighted by Crippen LogP contribution is -2.42. The highest BCUT2D eigenvalue weighted by Crippen LogP contribution is 2.43. The first-order chi connectivity index (χ1) is 4.66. The summed E-state index contributed by atoms with van der Waals surface area (Å²) in [5.74, 6) is 3.49. The molecule has 0 aromatic rings. The molecule has 60 valence electrons. The van der Waals surface area contributed by atoms with E-state index in [4.69, 9.17) is 5.73 Å². The molecule has 0 heterocycles. The lowest BCUT2D eigenvalue weighted by Gasteiger charge is -2.45. The van der Waals surface area contributed by atoms with Gasteiger partial charge in [-0.2, -0.15) is 0 Å². The molecule has 0 bridgehead atoms. The molecule has 0 aromatic carbocycles. The van der Waals surface area contributed by atoms with Crippen LogP contribution in [0.25, 0.3) is 0 Å². The molecule has 10 heavy (non-hydrogen) atoms. The van der Waals surface area contributed by atoms with Crippen LogP contribution < -0.4 is 5.73 Å². The number of rotatable bonds is 2. The molecule has 0 aromatic heterocycles. The fourth-order valence-corrected chi connectivity index (χ4v) is 2.52. The summed E-state index contributed by atoms with van der Waals surface area (Å²) < 4.78 is 0. The predicted molar refractivity (Wildman–Crippen MR) is 44.7 cm³/mol. The average Bonchev–Trinajstić information content (AvgIpc) is 1.80. The van der Waals surface area contributed by atoms with Gasteiger partial charge in [-0.3, -0.25) is 0 Å². The molecular formula is C9H19N. The first-order valence-corrected chi connectivity index (χ1v) is 4.37. The minimum atomic E-state index is 0.829. The maximum Gasteiger partial charge on any atom is -0.00459 e. The van der Waals surface area contributed by atoms with Crippen LogP contribution in [0.3, 0.4) is 0 Å². The van der Waals surface area contributed by atoms with Gasteiger partial charge in [-0.1, -0.05) is 20.8 Å². The van der Waals surface area contributed by atoms with Gasteiger partial charge in [0.05, 0.1) is 0 Å². The van der Waals surface area contributed by atoms with Gasteiger partial charge in [0.2, 0.25) is 0 Å². The van der Waals surface area contributed by atoms with Crippen LogP contribution in [0.15, 0.2) is 0 Å². The van der Waals surface area contributed by atoms with Crippen LogP contribution >= 0.6 is 0 Å². The number of hydrogen-bond donors (Lipinski definition) is 1. The zero-order chi connectivity index (χ0) is 7.72. The van der Waals surface area contributed by atoms with Gasteiger partial charge in [0.15, 0.2) is 0 Å². The van der Waals surface area contributed by atoms with Gasteiger partial charge < -0.3 is 5.73 Å². The van der Waals surface area contributed by atoms with E-state index in [9.17, 15) is 0 Å². The Hall–Kier alpha value is -0.0400. The van der Waals surface area contributed by atoms with E-state index in [1.165, 1.54) is 6.42 Å². The third-order valence-electron chi connectivity index (χ3n) is 2.95. The third kappa shape index (κ3) is 1.20. The first-order valence-electron chi connectivity index (χ1n) is 4.37. The summed E-state index contributed by atoms with van der Waals surface area (Å²) in [6, 6.07) is 0. The van der Waals surface area contributed by atoms with Gasteiger partial charge in [0, 0.05) is 0 Å². The molecule has 1 fully saturated rings. The molecule has 1 rings (SSSR count). The monoisotopic (exact) mass is 141 g/mol. The highest BCUT2D eigenvalue weighted by atomic mass is 14.6. The van der Waals surface area contributed by atoms with Crippen LogP contribution in [0.5, 0.6) is 0 Å². The van der Waals surface area contributed by atoms with Gasteiger partial charge in [-0.05, 0) is 36.6 Å². The van der Waals surface area contributed by atoms with Crippen molar-refractivity contribution in [3.05, 3.63) is 0 Å². The highest BCUT2D eigenvalue weighted by Gasteiger charge is 2.38. The molecule has 3 atom stereocenters. The van der Waals surface area contributed by atoms with Crippen molar-refractivity contribution < 1.29 is 0 Å². The van der Waals surface area contributed by atoms with E-state index >= 15 is 0 Å². The molecule has 3 unspecified atom stereocenters. The van der Waals surface area contributed by atoms with Crippen molar-refractivity contribution in [2.75, 3.05) is 6.54 Å². The molecule has 1 aliphatic carbocycles. The van der Waals surface area contributed by atoms with Gasteiger partial charge in [0.1, 0.15) is 0 Å². The zero-order valence-electron chi connectivity index (χ0n) is 7.30. The summed E-state index contributed by atoms with van der Waals surface area (Å²) in [6.07, 6.45) is 1.36. The van der Waals surface area contributed by atoms with E-state index in [2.05, 4.69) is 20.8 Å². The topological polar surface area (TPSA) is 26.0 Å². The predicted octanol–water partition coefficient (Wildman–Crippen LogP) is 1.87. The Bertz CT molecular complexity index is 105. The van der Waals surface area contributed by atoms with Crippen LogP contribution in [0, 0.1) is 23.7 Å². The van der Waals surface area contributed by atoms with Crippen LogP contribution in [-0.2, 0) is 0 Å². The minimum absolute atomic E-state index is 0.829. The van der Waals surface area contributed by atoms with E-state index in [-0.39, 0.29) is 0 Å². The molecule has 2 N–H and O–H groups in total. The van der Waals surface area contributed by atoms with E-state index in [1.54, 1.807) is 0 Å². The van der Waals surface area contributed by atoms with E-state index < -0.39 is 0 Å².